The molecule has 0 bridgehead atoms. The molecule has 4 nitrogen and oxygen atoms in total. The summed E-state index contributed by atoms with van der Waals surface area (Å²) in [5.41, 5.74) is 0.571. The molecule has 0 amide bonds. The summed E-state index contributed by atoms with van der Waals surface area (Å²) in [6.45, 7) is 5.40. The highest BCUT2D eigenvalue weighted by Gasteiger charge is 2.30. The molecule has 0 aliphatic rings. The molecule has 1 aromatic heterocycles. The summed E-state index contributed by atoms with van der Waals surface area (Å²) in [6, 6.07) is 4.97. The van der Waals surface area contributed by atoms with Crippen LogP contribution in [0, 0.1) is 18.8 Å². The monoisotopic (exact) mass is 394 g/mol. The van der Waals surface area contributed by atoms with Gasteiger partial charge in [0, 0.05) is 24.5 Å². The molecule has 0 atom stereocenters. The van der Waals surface area contributed by atoms with Crippen molar-refractivity contribution in [3.8, 4) is 11.8 Å². The summed E-state index contributed by atoms with van der Waals surface area (Å²) in [6.07, 6.45) is -4.37. The number of nitrogens with zero attached hydrogens (tertiary/aromatic N) is 3. The highest BCUT2D eigenvalue weighted by molar-refractivity contribution is 7.09. The lowest BCUT2D eigenvalue weighted by atomic mass is 10.1. The Morgan fingerprint density at radius 3 is 2.78 bits per heavy atom. The first-order valence-electron chi connectivity index (χ1n) is 8.36. The number of benzene rings is 1. The molecule has 1 aromatic carbocycles. The average molecular weight is 394 g/mol. The quantitative estimate of drug-likeness (QED) is 0.486. The van der Waals surface area contributed by atoms with Gasteiger partial charge in [-0.25, -0.2) is 9.98 Å². The predicted molar refractivity (Wildman–Crippen MR) is 103 cm³/mol. The highest BCUT2D eigenvalue weighted by Crippen LogP contribution is 2.29. The third-order valence-corrected chi connectivity index (χ3v) is 4.32. The van der Waals surface area contributed by atoms with Gasteiger partial charge < -0.3 is 10.2 Å². The number of aliphatic imine (C=N–C) groups is 1. The van der Waals surface area contributed by atoms with E-state index in [0.29, 0.717) is 24.6 Å². The van der Waals surface area contributed by atoms with E-state index in [2.05, 4.69) is 27.1 Å². The van der Waals surface area contributed by atoms with Crippen LogP contribution in [0.15, 0.2) is 34.6 Å². The van der Waals surface area contributed by atoms with E-state index in [4.69, 9.17) is 0 Å². The normalized spacial score (nSPS) is 11.7. The molecule has 8 heteroatoms. The Hall–Kier alpha value is -2.53. The zero-order chi connectivity index (χ0) is 19.9. The Bertz CT molecular complexity index is 846. The first-order valence-corrected chi connectivity index (χ1v) is 9.24. The zero-order valence-electron chi connectivity index (χ0n) is 15.4. The van der Waals surface area contributed by atoms with Crippen LogP contribution in [0.5, 0.6) is 0 Å². The second-order valence-electron chi connectivity index (χ2n) is 5.76. The molecule has 0 fully saturated rings. The van der Waals surface area contributed by atoms with Crippen LogP contribution in [-0.2, 0) is 12.7 Å². The summed E-state index contributed by atoms with van der Waals surface area (Å²) in [5, 5.41) is 6.18. The molecule has 27 heavy (non-hydrogen) atoms. The third-order valence-electron chi connectivity index (χ3n) is 3.49. The molecule has 0 aliphatic carbocycles. The van der Waals surface area contributed by atoms with Crippen molar-refractivity contribution in [3.63, 3.8) is 0 Å². The van der Waals surface area contributed by atoms with E-state index in [-0.39, 0.29) is 6.54 Å². The van der Waals surface area contributed by atoms with Crippen LogP contribution in [-0.4, -0.2) is 36.0 Å². The van der Waals surface area contributed by atoms with Crippen LogP contribution in [0.1, 0.15) is 28.8 Å². The SMILES string of the molecule is CCNC(=NCC#Cc1cccc(C(F)(F)F)c1)N(C)Cc1csc(C)n1. The van der Waals surface area contributed by atoms with Crippen molar-refractivity contribution < 1.29 is 13.2 Å². The number of alkyl halides is 3. The minimum absolute atomic E-state index is 0.180. The zero-order valence-corrected chi connectivity index (χ0v) is 16.2. The maximum absolute atomic E-state index is 12.7. The van der Waals surface area contributed by atoms with Gasteiger partial charge in [0.15, 0.2) is 5.96 Å². The highest BCUT2D eigenvalue weighted by atomic mass is 32.1. The molecular weight excluding hydrogens is 373 g/mol. The van der Waals surface area contributed by atoms with Gasteiger partial charge in [-0.05, 0) is 32.0 Å². The molecule has 0 aliphatic heterocycles. The van der Waals surface area contributed by atoms with Crippen molar-refractivity contribution in [2.24, 2.45) is 4.99 Å². The smallest absolute Gasteiger partial charge is 0.356 e. The first-order chi connectivity index (χ1) is 12.8. The van der Waals surface area contributed by atoms with Crippen LogP contribution in [0.3, 0.4) is 0 Å². The average Bonchev–Trinajstić information content (AvgIpc) is 3.02. The summed E-state index contributed by atoms with van der Waals surface area (Å²) in [7, 11) is 1.90. The molecule has 144 valence electrons. The van der Waals surface area contributed by atoms with Crippen molar-refractivity contribution in [3.05, 3.63) is 51.5 Å². The Morgan fingerprint density at radius 1 is 1.37 bits per heavy atom. The minimum atomic E-state index is -4.37. The van der Waals surface area contributed by atoms with Gasteiger partial charge in [0.2, 0.25) is 0 Å². The van der Waals surface area contributed by atoms with Crippen molar-refractivity contribution in [2.45, 2.75) is 26.6 Å². The van der Waals surface area contributed by atoms with E-state index in [1.54, 1.807) is 17.4 Å². The number of thiazole rings is 1. The number of hydrogen-bond acceptors (Lipinski definition) is 3. The van der Waals surface area contributed by atoms with Crippen LogP contribution >= 0.6 is 11.3 Å². The Morgan fingerprint density at radius 2 is 2.15 bits per heavy atom. The van der Waals surface area contributed by atoms with Gasteiger partial charge >= 0.3 is 6.18 Å². The summed E-state index contributed by atoms with van der Waals surface area (Å²) < 4.78 is 38.2. The van der Waals surface area contributed by atoms with Gasteiger partial charge in [0.1, 0.15) is 6.54 Å². The summed E-state index contributed by atoms with van der Waals surface area (Å²) >= 11 is 1.59. The second kappa shape index (κ2) is 9.42. The van der Waals surface area contributed by atoms with Crippen LogP contribution in [0.2, 0.25) is 0 Å². The van der Waals surface area contributed by atoms with Crippen molar-refractivity contribution in [1.82, 2.24) is 15.2 Å². The molecule has 0 radical (unpaired) electrons. The van der Waals surface area contributed by atoms with Gasteiger partial charge in [0.25, 0.3) is 0 Å². The van der Waals surface area contributed by atoms with E-state index < -0.39 is 11.7 Å². The van der Waals surface area contributed by atoms with Crippen LogP contribution in [0.4, 0.5) is 13.2 Å². The van der Waals surface area contributed by atoms with Crippen LogP contribution < -0.4 is 5.32 Å². The van der Waals surface area contributed by atoms with Gasteiger partial charge in [-0.15, -0.1) is 11.3 Å². The topological polar surface area (TPSA) is 40.5 Å². The number of aryl methyl sites for hydroxylation is 1. The number of nitrogens with one attached hydrogen (secondary N) is 1. The fraction of sp³-hybridized carbons (Fsp3) is 0.368. The molecule has 2 aromatic rings. The Kier molecular flexibility index (Phi) is 7.25. The molecule has 2 rings (SSSR count). The van der Waals surface area contributed by atoms with Crippen molar-refractivity contribution >= 4 is 17.3 Å². The lowest BCUT2D eigenvalue weighted by Gasteiger charge is -2.20. The fourth-order valence-corrected chi connectivity index (χ4v) is 2.90. The molecule has 0 spiro atoms. The largest absolute Gasteiger partial charge is 0.416 e. The molecule has 0 saturated heterocycles. The number of hydrogen-bond donors (Lipinski definition) is 1. The van der Waals surface area contributed by atoms with Gasteiger partial charge in [0.05, 0.1) is 22.8 Å². The fourth-order valence-electron chi connectivity index (χ4n) is 2.30. The standard InChI is InChI=1S/C19H21F3N4S/c1-4-23-18(26(3)12-17-13-27-14(2)25-17)24-10-6-8-15-7-5-9-16(11-15)19(20,21)22/h5,7,9,11,13H,4,10,12H2,1-3H3,(H,23,24). The van der Waals surface area contributed by atoms with E-state index >= 15 is 0 Å². The second-order valence-corrected chi connectivity index (χ2v) is 6.83. The summed E-state index contributed by atoms with van der Waals surface area (Å²) in [5.74, 6) is 6.21. The maximum Gasteiger partial charge on any atom is 0.416 e. The van der Waals surface area contributed by atoms with Gasteiger partial charge in [-0.1, -0.05) is 17.9 Å². The Balaban J connectivity index is 2.04. The van der Waals surface area contributed by atoms with Crippen LogP contribution in [0.25, 0.3) is 0 Å². The van der Waals surface area contributed by atoms with Gasteiger partial charge in [-0.2, -0.15) is 13.2 Å². The number of rotatable bonds is 4. The predicted octanol–water partition coefficient (Wildman–Crippen LogP) is 3.92. The van der Waals surface area contributed by atoms with E-state index in [1.165, 1.54) is 6.07 Å². The van der Waals surface area contributed by atoms with Gasteiger partial charge in [-0.3, -0.25) is 0 Å². The Labute approximate surface area is 161 Å². The molecular formula is C19H21F3N4S. The molecule has 1 heterocycles. The summed E-state index contributed by atoms with van der Waals surface area (Å²) in [4.78, 5) is 10.8. The number of halogens is 3. The lowest BCUT2D eigenvalue weighted by Crippen LogP contribution is -2.38. The molecule has 0 unspecified atom stereocenters. The molecule has 1 N–H and O–H groups in total. The number of guanidine groups is 1. The number of aromatic nitrogens is 1. The minimum Gasteiger partial charge on any atom is -0.356 e. The first kappa shape index (κ1) is 20.8. The lowest BCUT2D eigenvalue weighted by molar-refractivity contribution is -0.137. The van der Waals surface area contributed by atoms with Crippen molar-refractivity contribution in [2.75, 3.05) is 20.1 Å². The van der Waals surface area contributed by atoms with E-state index in [1.807, 2.05) is 31.2 Å². The third kappa shape index (κ3) is 6.61. The van der Waals surface area contributed by atoms with E-state index in [9.17, 15) is 13.2 Å². The van der Waals surface area contributed by atoms with E-state index in [0.717, 1.165) is 22.8 Å². The maximum atomic E-state index is 12.7. The molecule has 0 saturated carbocycles. The van der Waals surface area contributed by atoms with Crippen molar-refractivity contribution in [1.29, 1.82) is 0 Å².